The van der Waals surface area contributed by atoms with Gasteiger partial charge in [-0.3, -0.25) is 9.59 Å². The van der Waals surface area contributed by atoms with Crippen LogP contribution in [0.25, 0.3) is 0 Å². The summed E-state index contributed by atoms with van der Waals surface area (Å²) in [5.41, 5.74) is 0. The number of nitrogens with one attached hydrogen (secondary N) is 1. The third-order valence-electron chi connectivity index (χ3n) is 2.45. The third kappa shape index (κ3) is 4.77. The van der Waals surface area contributed by atoms with E-state index in [0.29, 0.717) is 12.3 Å². The minimum Gasteiger partial charge on any atom is -0.481 e. The van der Waals surface area contributed by atoms with E-state index in [9.17, 15) is 14.4 Å². The van der Waals surface area contributed by atoms with Crippen molar-refractivity contribution < 1.29 is 24.6 Å². The fourth-order valence-electron chi connectivity index (χ4n) is 1.36. The summed E-state index contributed by atoms with van der Waals surface area (Å²) in [4.78, 5) is 32.4. The summed E-state index contributed by atoms with van der Waals surface area (Å²) >= 11 is 0. The highest BCUT2D eigenvalue weighted by Crippen LogP contribution is 2.32. The molecule has 0 heterocycles. The maximum absolute atomic E-state index is 11.3. The van der Waals surface area contributed by atoms with Crippen molar-refractivity contribution >= 4 is 17.8 Å². The second-order valence-electron chi connectivity index (χ2n) is 4.04. The van der Waals surface area contributed by atoms with Crippen molar-refractivity contribution in [3.63, 3.8) is 0 Å². The first-order valence-electron chi connectivity index (χ1n) is 5.23. The SMILES string of the molecule is O=C(O)CC[C@H](NC(=O)CC1CC1)C(=O)O. The first-order valence-corrected chi connectivity index (χ1v) is 5.23. The molecule has 1 atom stereocenters. The van der Waals surface area contributed by atoms with E-state index in [2.05, 4.69) is 5.32 Å². The van der Waals surface area contributed by atoms with Gasteiger partial charge in [-0.05, 0) is 25.2 Å². The fraction of sp³-hybridized carbons (Fsp3) is 0.700. The fourth-order valence-corrected chi connectivity index (χ4v) is 1.36. The second-order valence-corrected chi connectivity index (χ2v) is 4.04. The van der Waals surface area contributed by atoms with Crippen LogP contribution < -0.4 is 5.32 Å². The van der Waals surface area contributed by atoms with E-state index < -0.39 is 18.0 Å². The zero-order chi connectivity index (χ0) is 12.1. The first-order chi connectivity index (χ1) is 7.49. The van der Waals surface area contributed by atoms with Gasteiger partial charge in [0.05, 0.1) is 0 Å². The van der Waals surface area contributed by atoms with E-state index in [4.69, 9.17) is 10.2 Å². The number of carboxylic acids is 2. The van der Waals surface area contributed by atoms with E-state index in [1.54, 1.807) is 0 Å². The molecule has 90 valence electrons. The van der Waals surface area contributed by atoms with Crippen molar-refractivity contribution in [2.24, 2.45) is 5.92 Å². The number of carboxylic acid groups (broad SMARTS) is 2. The molecular weight excluding hydrogens is 214 g/mol. The van der Waals surface area contributed by atoms with Gasteiger partial charge in [0.1, 0.15) is 6.04 Å². The van der Waals surface area contributed by atoms with Gasteiger partial charge < -0.3 is 15.5 Å². The van der Waals surface area contributed by atoms with E-state index in [1.807, 2.05) is 0 Å². The first kappa shape index (κ1) is 12.5. The van der Waals surface area contributed by atoms with E-state index in [1.165, 1.54) is 0 Å². The Morgan fingerprint density at radius 1 is 1.25 bits per heavy atom. The third-order valence-corrected chi connectivity index (χ3v) is 2.45. The van der Waals surface area contributed by atoms with Crippen LogP contribution in [0.4, 0.5) is 0 Å². The number of carbonyl (C=O) groups is 3. The second kappa shape index (κ2) is 5.48. The number of rotatable bonds is 7. The van der Waals surface area contributed by atoms with Gasteiger partial charge in [-0.15, -0.1) is 0 Å². The summed E-state index contributed by atoms with van der Waals surface area (Å²) < 4.78 is 0. The molecule has 0 aliphatic heterocycles. The Morgan fingerprint density at radius 3 is 2.31 bits per heavy atom. The lowest BCUT2D eigenvalue weighted by molar-refractivity contribution is -0.143. The molecule has 6 heteroatoms. The van der Waals surface area contributed by atoms with E-state index in [0.717, 1.165) is 12.8 Å². The Labute approximate surface area is 92.6 Å². The molecule has 1 aliphatic carbocycles. The largest absolute Gasteiger partial charge is 0.481 e. The Balaban J connectivity index is 2.33. The molecule has 0 spiro atoms. The highest BCUT2D eigenvalue weighted by atomic mass is 16.4. The molecule has 6 nitrogen and oxygen atoms in total. The average molecular weight is 229 g/mol. The average Bonchev–Trinajstić information content (AvgIpc) is 2.95. The molecule has 0 aromatic carbocycles. The highest BCUT2D eigenvalue weighted by Gasteiger charge is 2.27. The van der Waals surface area contributed by atoms with Crippen molar-refractivity contribution in [1.82, 2.24) is 5.32 Å². The van der Waals surface area contributed by atoms with Crippen LogP contribution in [0.1, 0.15) is 32.1 Å². The van der Waals surface area contributed by atoms with Crippen LogP contribution in [0, 0.1) is 5.92 Å². The number of amides is 1. The van der Waals surface area contributed by atoms with Crippen LogP contribution in [-0.4, -0.2) is 34.1 Å². The lowest BCUT2D eigenvalue weighted by atomic mass is 10.1. The zero-order valence-electron chi connectivity index (χ0n) is 8.81. The topological polar surface area (TPSA) is 104 Å². The normalized spacial score (nSPS) is 16.5. The molecule has 1 fully saturated rings. The van der Waals surface area contributed by atoms with Crippen LogP contribution in [0.3, 0.4) is 0 Å². The van der Waals surface area contributed by atoms with Crippen molar-refractivity contribution in [3.8, 4) is 0 Å². The Hall–Kier alpha value is -1.59. The van der Waals surface area contributed by atoms with Crippen molar-refractivity contribution in [1.29, 1.82) is 0 Å². The van der Waals surface area contributed by atoms with Crippen LogP contribution in [0.15, 0.2) is 0 Å². The maximum atomic E-state index is 11.3. The van der Waals surface area contributed by atoms with Crippen LogP contribution in [0.2, 0.25) is 0 Å². The highest BCUT2D eigenvalue weighted by molar-refractivity contribution is 5.84. The van der Waals surface area contributed by atoms with Crippen LogP contribution in [-0.2, 0) is 14.4 Å². The summed E-state index contributed by atoms with van der Waals surface area (Å²) in [6, 6.07) is -1.10. The van der Waals surface area contributed by atoms with Gasteiger partial charge in [0.25, 0.3) is 0 Å². The predicted octanol–water partition coefficient (Wildman–Crippen LogP) is 0.221. The van der Waals surface area contributed by atoms with Crippen molar-refractivity contribution in [3.05, 3.63) is 0 Å². The maximum Gasteiger partial charge on any atom is 0.326 e. The molecule has 0 unspecified atom stereocenters. The predicted molar refractivity (Wildman–Crippen MR) is 53.8 cm³/mol. The number of hydrogen-bond donors (Lipinski definition) is 3. The lowest BCUT2D eigenvalue weighted by Crippen LogP contribution is -2.41. The van der Waals surface area contributed by atoms with Gasteiger partial charge in [-0.2, -0.15) is 0 Å². The number of aliphatic carboxylic acids is 2. The summed E-state index contributed by atoms with van der Waals surface area (Å²) in [5.74, 6) is -2.18. The van der Waals surface area contributed by atoms with Crippen molar-refractivity contribution in [2.75, 3.05) is 0 Å². The quantitative estimate of drug-likeness (QED) is 0.579. The molecule has 0 bridgehead atoms. The summed E-state index contributed by atoms with van der Waals surface area (Å²) in [7, 11) is 0. The van der Waals surface area contributed by atoms with Gasteiger partial charge in [-0.25, -0.2) is 4.79 Å². The summed E-state index contributed by atoms with van der Waals surface area (Å²) in [6.07, 6.45) is 2.03. The van der Waals surface area contributed by atoms with Crippen molar-refractivity contribution in [2.45, 2.75) is 38.1 Å². The molecule has 1 amide bonds. The van der Waals surface area contributed by atoms with Crippen LogP contribution >= 0.6 is 0 Å². The molecule has 1 aliphatic rings. The molecule has 3 N–H and O–H groups in total. The van der Waals surface area contributed by atoms with Gasteiger partial charge in [0, 0.05) is 12.8 Å². The van der Waals surface area contributed by atoms with Gasteiger partial charge >= 0.3 is 11.9 Å². The number of carbonyl (C=O) groups excluding carboxylic acids is 1. The molecule has 1 rings (SSSR count). The molecule has 0 radical (unpaired) electrons. The summed E-state index contributed by atoms with van der Waals surface area (Å²) in [5, 5.41) is 19.5. The Kier molecular flexibility index (Phi) is 4.28. The Morgan fingerprint density at radius 2 is 1.88 bits per heavy atom. The molecular formula is C10H15NO5. The zero-order valence-corrected chi connectivity index (χ0v) is 8.81. The minimum absolute atomic E-state index is 0.0823. The smallest absolute Gasteiger partial charge is 0.326 e. The molecule has 0 aromatic heterocycles. The Bertz CT molecular complexity index is 298. The van der Waals surface area contributed by atoms with Crippen LogP contribution in [0.5, 0.6) is 0 Å². The lowest BCUT2D eigenvalue weighted by Gasteiger charge is -2.13. The van der Waals surface area contributed by atoms with Gasteiger partial charge in [-0.1, -0.05) is 0 Å². The molecule has 16 heavy (non-hydrogen) atoms. The monoisotopic (exact) mass is 229 g/mol. The molecule has 1 saturated carbocycles. The molecule has 0 saturated heterocycles. The minimum atomic E-state index is -1.19. The molecule has 0 aromatic rings. The standard InChI is InChI=1S/C10H15NO5/c12-8(5-6-1-2-6)11-7(10(15)16)3-4-9(13)14/h6-7H,1-5H2,(H,11,12)(H,13,14)(H,15,16)/t7-/m0/s1. The van der Waals surface area contributed by atoms with E-state index >= 15 is 0 Å². The van der Waals surface area contributed by atoms with E-state index in [-0.39, 0.29) is 18.7 Å². The number of hydrogen-bond acceptors (Lipinski definition) is 3. The van der Waals surface area contributed by atoms with Gasteiger partial charge in [0.2, 0.25) is 5.91 Å². The summed E-state index contributed by atoms with van der Waals surface area (Å²) in [6.45, 7) is 0. The van der Waals surface area contributed by atoms with Gasteiger partial charge in [0.15, 0.2) is 0 Å².